The predicted octanol–water partition coefficient (Wildman–Crippen LogP) is 3.35. The molecule has 7 nitrogen and oxygen atoms in total. The fraction of sp³-hybridized carbons (Fsp3) is 0.500. The molecule has 0 radical (unpaired) electrons. The van der Waals surface area contributed by atoms with Crippen molar-refractivity contribution in [1.82, 2.24) is 15.5 Å². The molecule has 2 aromatic carbocycles. The van der Waals surface area contributed by atoms with Crippen molar-refractivity contribution < 1.29 is 14.3 Å². The molecular formula is C28H38N4O3. The molecule has 0 spiro atoms. The van der Waals surface area contributed by atoms with Gasteiger partial charge in [-0.15, -0.1) is 0 Å². The molecule has 4 N–H and O–H groups in total. The van der Waals surface area contributed by atoms with E-state index in [2.05, 4.69) is 27.7 Å². The number of ether oxygens (including phenoxy) is 1. The highest BCUT2D eigenvalue weighted by atomic mass is 16.5. The number of hydrogen-bond acceptors (Lipinski definition) is 5. The molecule has 1 atom stereocenters. The summed E-state index contributed by atoms with van der Waals surface area (Å²) < 4.78 is 6.00. The minimum absolute atomic E-state index is 0.0697. The molecule has 2 fully saturated rings. The normalized spacial score (nSPS) is 18.5. The number of nitrogen functional groups attached to an aromatic ring is 1. The number of nitrogens with zero attached hydrogens (tertiary/aromatic N) is 1. The molecule has 2 amide bonds. The number of aryl methyl sites for hydroxylation is 1. The van der Waals surface area contributed by atoms with Gasteiger partial charge in [0, 0.05) is 24.8 Å². The third-order valence-corrected chi connectivity index (χ3v) is 7.54. The van der Waals surface area contributed by atoms with Gasteiger partial charge in [-0.05, 0) is 81.7 Å². The number of carbonyl (C=O) groups is 2. The topological polar surface area (TPSA) is 96.7 Å². The van der Waals surface area contributed by atoms with Crippen LogP contribution in [0.25, 0.3) is 0 Å². The Labute approximate surface area is 208 Å². The highest BCUT2D eigenvalue weighted by Crippen LogP contribution is 2.45. The van der Waals surface area contributed by atoms with Crippen molar-refractivity contribution >= 4 is 17.5 Å². The Kier molecular flexibility index (Phi) is 7.36. The van der Waals surface area contributed by atoms with Gasteiger partial charge in [-0.25, -0.2) is 0 Å². The van der Waals surface area contributed by atoms with E-state index in [0.717, 1.165) is 61.2 Å². The first-order valence-electron chi connectivity index (χ1n) is 12.6. The number of benzene rings is 2. The van der Waals surface area contributed by atoms with Crippen molar-refractivity contribution in [2.24, 2.45) is 0 Å². The molecule has 0 aromatic heterocycles. The fourth-order valence-corrected chi connectivity index (χ4v) is 4.86. The molecule has 4 rings (SSSR count). The van der Waals surface area contributed by atoms with E-state index in [1.807, 2.05) is 45.0 Å². The largest absolute Gasteiger partial charge is 0.481 e. The molecule has 1 aliphatic heterocycles. The Morgan fingerprint density at radius 1 is 1.11 bits per heavy atom. The van der Waals surface area contributed by atoms with Crippen LogP contribution in [0.5, 0.6) is 5.75 Å². The molecule has 188 valence electrons. The van der Waals surface area contributed by atoms with Gasteiger partial charge in [0.1, 0.15) is 5.75 Å². The lowest BCUT2D eigenvalue weighted by Gasteiger charge is -2.33. The van der Waals surface area contributed by atoms with Crippen LogP contribution < -0.4 is 21.1 Å². The smallest absolute Gasteiger partial charge is 0.260 e. The molecule has 35 heavy (non-hydrogen) atoms. The Bertz CT molecular complexity index is 1070. The number of carbonyl (C=O) groups excluding carboxylic acids is 2. The molecule has 1 aliphatic carbocycles. The first kappa shape index (κ1) is 25.0. The first-order chi connectivity index (χ1) is 16.7. The Hall–Kier alpha value is -3.06. The number of nitrogens with one attached hydrogen (secondary N) is 2. The maximum absolute atomic E-state index is 12.8. The summed E-state index contributed by atoms with van der Waals surface area (Å²) in [6.07, 6.45) is 3.01. The van der Waals surface area contributed by atoms with E-state index < -0.39 is 6.10 Å². The number of anilines is 1. The zero-order valence-corrected chi connectivity index (χ0v) is 21.3. The zero-order chi connectivity index (χ0) is 25.2. The number of piperidine rings is 1. The van der Waals surface area contributed by atoms with Crippen LogP contribution in [0.4, 0.5) is 5.69 Å². The van der Waals surface area contributed by atoms with Crippen LogP contribution in [-0.4, -0.2) is 48.5 Å². The second kappa shape index (κ2) is 10.3. The summed E-state index contributed by atoms with van der Waals surface area (Å²) in [5.41, 5.74) is 10.8. The number of likely N-dealkylation sites (tertiary alicyclic amines) is 1. The van der Waals surface area contributed by atoms with Gasteiger partial charge in [-0.3, -0.25) is 14.5 Å². The molecule has 0 bridgehead atoms. The summed E-state index contributed by atoms with van der Waals surface area (Å²) >= 11 is 0. The van der Waals surface area contributed by atoms with Crippen LogP contribution >= 0.6 is 0 Å². The molecule has 7 heteroatoms. The van der Waals surface area contributed by atoms with Crippen molar-refractivity contribution in [1.29, 1.82) is 0 Å². The van der Waals surface area contributed by atoms with E-state index in [-0.39, 0.29) is 23.4 Å². The van der Waals surface area contributed by atoms with Crippen LogP contribution in [0.1, 0.15) is 54.9 Å². The summed E-state index contributed by atoms with van der Waals surface area (Å²) in [4.78, 5) is 27.7. The van der Waals surface area contributed by atoms with Crippen LogP contribution in [-0.2, 0) is 15.1 Å². The van der Waals surface area contributed by atoms with Crippen LogP contribution in [0.15, 0.2) is 36.4 Å². The van der Waals surface area contributed by atoms with Gasteiger partial charge in [0.25, 0.3) is 5.91 Å². The SMILES string of the molecule is Cc1cc(OC(C)C(=O)NC2CCN(CC(=O)NC3(c4ccccc4)CC3)CC2)c(C)c(C)c1N. The molecule has 1 saturated heterocycles. The highest BCUT2D eigenvalue weighted by molar-refractivity contribution is 5.81. The number of rotatable bonds is 8. The minimum Gasteiger partial charge on any atom is -0.481 e. The van der Waals surface area contributed by atoms with Gasteiger partial charge in [0.05, 0.1) is 12.1 Å². The van der Waals surface area contributed by atoms with Crippen LogP contribution in [0.3, 0.4) is 0 Å². The summed E-state index contributed by atoms with van der Waals surface area (Å²) in [7, 11) is 0. The zero-order valence-electron chi connectivity index (χ0n) is 21.3. The van der Waals surface area contributed by atoms with Gasteiger partial charge >= 0.3 is 0 Å². The van der Waals surface area contributed by atoms with Crippen molar-refractivity contribution in [3.05, 3.63) is 58.7 Å². The van der Waals surface area contributed by atoms with Gasteiger partial charge in [-0.1, -0.05) is 30.3 Å². The van der Waals surface area contributed by atoms with E-state index >= 15 is 0 Å². The standard InChI is InChI=1S/C28H38N4O3/c1-18-16-24(19(2)20(3)26(18)29)35-21(4)27(34)30-23-10-14-32(15-11-23)17-25(33)31-28(12-13-28)22-8-6-5-7-9-22/h5-9,16,21,23H,10-15,17,29H2,1-4H3,(H,30,34)(H,31,33). The lowest BCUT2D eigenvalue weighted by molar-refractivity contribution is -0.129. The molecule has 1 saturated carbocycles. The average Bonchev–Trinajstić information content (AvgIpc) is 3.63. The van der Waals surface area contributed by atoms with E-state index in [1.54, 1.807) is 6.92 Å². The van der Waals surface area contributed by atoms with Gasteiger partial charge in [0.2, 0.25) is 5.91 Å². The fourth-order valence-electron chi connectivity index (χ4n) is 4.86. The lowest BCUT2D eigenvalue weighted by atomic mass is 10.0. The van der Waals surface area contributed by atoms with E-state index in [1.165, 1.54) is 5.56 Å². The van der Waals surface area contributed by atoms with Gasteiger partial charge < -0.3 is 21.1 Å². The quantitative estimate of drug-likeness (QED) is 0.506. The highest BCUT2D eigenvalue weighted by Gasteiger charge is 2.45. The first-order valence-corrected chi connectivity index (χ1v) is 12.6. The monoisotopic (exact) mass is 478 g/mol. The summed E-state index contributed by atoms with van der Waals surface area (Å²) in [6, 6.07) is 12.2. The molecule has 2 aromatic rings. The molecule has 2 aliphatic rings. The predicted molar refractivity (Wildman–Crippen MR) is 138 cm³/mol. The van der Waals surface area contributed by atoms with E-state index in [0.29, 0.717) is 12.3 Å². The number of amides is 2. The Morgan fingerprint density at radius 3 is 2.40 bits per heavy atom. The molecular weight excluding hydrogens is 440 g/mol. The van der Waals surface area contributed by atoms with Gasteiger partial charge in [0.15, 0.2) is 6.10 Å². The third-order valence-electron chi connectivity index (χ3n) is 7.54. The summed E-state index contributed by atoms with van der Waals surface area (Å²) in [5, 5.41) is 6.38. The van der Waals surface area contributed by atoms with E-state index in [4.69, 9.17) is 10.5 Å². The van der Waals surface area contributed by atoms with Crippen molar-refractivity contribution in [2.45, 2.75) is 71.1 Å². The number of hydrogen-bond donors (Lipinski definition) is 3. The second-order valence-electron chi connectivity index (χ2n) is 10.2. The lowest BCUT2D eigenvalue weighted by Crippen LogP contribution is -2.50. The van der Waals surface area contributed by atoms with Crippen LogP contribution in [0, 0.1) is 20.8 Å². The van der Waals surface area contributed by atoms with Crippen LogP contribution in [0.2, 0.25) is 0 Å². The summed E-state index contributed by atoms with van der Waals surface area (Å²) in [6.45, 7) is 9.60. The van der Waals surface area contributed by atoms with Gasteiger partial charge in [-0.2, -0.15) is 0 Å². The Morgan fingerprint density at radius 2 is 1.77 bits per heavy atom. The number of nitrogens with two attached hydrogens (primary N) is 1. The molecule has 1 unspecified atom stereocenters. The average molecular weight is 479 g/mol. The third kappa shape index (κ3) is 5.78. The Balaban J connectivity index is 1.22. The summed E-state index contributed by atoms with van der Waals surface area (Å²) in [5.74, 6) is 0.646. The van der Waals surface area contributed by atoms with Crippen molar-refractivity contribution in [2.75, 3.05) is 25.4 Å². The van der Waals surface area contributed by atoms with Crippen molar-refractivity contribution in [3.8, 4) is 5.75 Å². The minimum atomic E-state index is -0.604. The van der Waals surface area contributed by atoms with Crippen molar-refractivity contribution in [3.63, 3.8) is 0 Å². The maximum Gasteiger partial charge on any atom is 0.260 e. The molecule has 1 heterocycles. The second-order valence-corrected chi connectivity index (χ2v) is 10.2. The maximum atomic E-state index is 12.8. The van der Waals surface area contributed by atoms with E-state index in [9.17, 15) is 9.59 Å².